The third-order valence-electron chi connectivity index (χ3n) is 3.55. The fourth-order valence-corrected chi connectivity index (χ4v) is 2.30. The van der Waals surface area contributed by atoms with Gasteiger partial charge in [-0.3, -0.25) is 0 Å². The minimum Gasteiger partial charge on any atom is -0.493 e. The summed E-state index contributed by atoms with van der Waals surface area (Å²) in [5, 5.41) is 22.3. The molecule has 8 nitrogen and oxygen atoms in total. The van der Waals surface area contributed by atoms with Crippen LogP contribution < -0.4 is 14.8 Å². The van der Waals surface area contributed by atoms with E-state index in [9.17, 15) is 9.90 Å². The van der Waals surface area contributed by atoms with Gasteiger partial charge in [0, 0.05) is 13.0 Å². The molecule has 1 atom stereocenters. The quantitative estimate of drug-likeness (QED) is 0.660. The highest BCUT2D eigenvalue weighted by Crippen LogP contribution is 2.29. The first-order chi connectivity index (χ1) is 11.8. The van der Waals surface area contributed by atoms with Gasteiger partial charge in [0.05, 0.1) is 32.2 Å². The number of carbonyl (C=O) groups is 1. The normalized spacial score (nSPS) is 13.0. The summed E-state index contributed by atoms with van der Waals surface area (Å²) in [6.45, 7) is 1.90. The van der Waals surface area contributed by atoms with Gasteiger partial charge in [0.2, 0.25) is 0 Å². The fourth-order valence-electron chi connectivity index (χ4n) is 2.30. The molecule has 134 valence electrons. The first-order valence-electron chi connectivity index (χ1n) is 7.57. The molecule has 1 heterocycles. The molecule has 0 aliphatic rings. The predicted molar refractivity (Wildman–Crippen MR) is 91.4 cm³/mol. The number of anilines is 1. The summed E-state index contributed by atoms with van der Waals surface area (Å²) in [6, 6.07) is 5.46. The van der Waals surface area contributed by atoms with Crippen molar-refractivity contribution >= 4 is 11.8 Å². The van der Waals surface area contributed by atoms with Crippen LogP contribution in [0.5, 0.6) is 11.5 Å². The molecule has 2 rings (SSSR count). The molecule has 0 bridgehead atoms. The highest BCUT2D eigenvalue weighted by molar-refractivity contribution is 5.84. The van der Waals surface area contributed by atoms with Gasteiger partial charge in [-0.05, 0) is 24.6 Å². The summed E-state index contributed by atoms with van der Waals surface area (Å²) < 4.78 is 10.5. The Morgan fingerprint density at radius 1 is 1.20 bits per heavy atom. The Hall–Kier alpha value is -2.87. The van der Waals surface area contributed by atoms with Crippen LogP contribution in [-0.4, -0.2) is 52.5 Å². The summed E-state index contributed by atoms with van der Waals surface area (Å²) in [4.78, 5) is 18.5. The van der Waals surface area contributed by atoms with Crippen LogP contribution in [0.2, 0.25) is 0 Å². The minimum absolute atomic E-state index is 0.136. The number of hydrogen-bond donors (Lipinski definition) is 3. The van der Waals surface area contributed by atoms with Crippen molar-refractivity contribution in [2.75, 3.05) is 26.1 Å². The lowest BCUT2D eigenvalue weighted by Crippen LogP contribution is -2.36. The van der Waals surface area contributed by atoms with Crippen molar-refractivity contribution in [2.24, 2.45) is 0 Å². The van der Waals surface area contributed by atoms with E-state index < -0.39 is 11.6 Å². The molecule has 8 heteroatoms. The van der Waals surface area contributed by atoms with Crippen LogP contribution in [0.1, 0.15) is 23.0 Å². The number of aliphatic hydroxyl groups is 1. The van der Waals surface area contributed by atoms with Crippen LogP contribution in [0.4, 0.5) is 5.82 Å². The van der Waals surface area contributed by atoms with Crippen molar-refractivity contribution in [1.82, 2.24) is 9.97 Å². The number of carboxylic acid groups (broad SMARTS) is 1. The summed E-state index contributed by atoms with van der Waals surface area (Å²) in [5.74, 6) is 0.466. The molecule has 25 heavy (non-hydrogen) atoms. The van der Waals surface area contributed by atoms with E-state index in [0.717, 1.165) is 11.8 Å². The lowest BCUT2D eigenvalue weighted by atomic mass is 9.96. The molecular weight excluding hydrogens is 326 g/mol. The van der Waals surface area contributed by atoms with Gasteiger partial charge in [-0.2, -0.15) is 0 Å². The SMILES string of the molecule is COc1ccc(CC(C)(O)CNc2cnc(C(=O)O)cn2)cc1OC. The van der Waals surface area contributed by atoms with Crippen LogP contribution in [0, 0.1) is 0 Å². The molecule has 0 spiro atoms. The van der Waals surface area contributed by atoms with Gasteiger partial charge >= 0.3 is 5.97 Å². The number of rotatable bonds is 8. The van der Waals surface area contributed by atoms with Gasteiger partial charge in [-0.1, -0.05) is 6.07 Å². The highest BCUT2D eigenvalue weighted by atomic mass is 16.5. The number of benzene rings is 1. The smallest absolute Gasteiger partial charge is 0.356 e. The summed E-state index contributed by atoms with van der Waals surface area (Å²) in [7, 11) is 3.12. The van der Waals surface area contributed by atoms with Crippen LogP contribution in [0.3, 0.4) is 0 Å². The Labute approximate surface area is 145 Å². The first-order valence-corrected chi connectivity index (χ1v) is 7.57. The molecule has 0 aliphatic heterocycles. The van der Waals surface area contributed by atoms with Gasteiger partial charge in [-0.15, -0.1) is 0 Å². The Bertz CT molecular complexity index is 732. The molecule has 0 amide bonds. The van der Waals surface area contributed by atoms with E-state index in [2.05, 4.69) is 15.3 Å². The monoisotopic (exact) mass is 347 g/mol. The average Bonchev–Trinajstić information content (AvgIpc) is 2.60. The second kappa shape index (κ2) is 7.80. The zero-order chi connectivity index (χ0) is 18.4. The third-order valence-corrected chi connectivity index (χ3v) is 3.55. The minimum atomic E-state index is -1.14. The lowest BCUT2D eigenvalue weighted by molar-refractivity contribution is 0.0687. The van der Waals surface area contributed by atoms with E-state index in [1.165, 1.54) is 6.20 Å². The van der Waals surface area contributed by atoms with E-state index in [-0.39, 0.29) is 12.2 Å². The maximum absolute atomic E-state index is 10.7. The highest BCUT2D eigenvalue weighted by Gasteiger charge is 2.22. The van der Waals surface area contributed by atoms with Gasteiger partial charge in [0.25, 0.3) is 0 Å². The molecule has 0 saturated heterocycles. The molecule has 0 saturated carbocycles. The molecule has 3 N–H and O–H groups in total. The van der Waals surface area contributed by atoms with Crippen molar-refractivity contribution in [3.63, 3.8) is 0 Å². The Morgan fingerprint density at radius 2 is 1.92 bits per heavy atom. The molecule has 1 unspecified atom stereocenters. The van der Waals surface area contributed by atoms with Crippen LogP contribution >= 0.6 is 0 Å². The standard InChI is InChI=1S/C17H21N3O5/c1-17(23,7-11-4-5-13(24-2)14(6-11)25-3)10-20-15-9-18-12(8-19-15)16(21)22/h4-6,8-9,23H,7,10H2,1-3H3,(H,19,20)(H,21,22). The predicted octanol–water partition coefficient (Wildman–Crippen LogP) is 1.60. The van der Waals surface area contributed by atoms with Crippen molar-refractivity contribution < 1.29 is 24.5 Å². The zero-order valence-electron chi connectivity index (χ0n) is 14.3. The number of hydrogen-bond acceptors (Lipinski definition) is 7. The van der Waals surface area contributed by atoms with Crippen LogP contribution in [-0.2, 0) is 6.42 Å². The maximum atomic E-state index is 10.7. The summed E-state index contributed by atoms with van der Waals surface area (Å²) in [6.07, 6.45) is 2.85. The molecule has 2 aromatic rings. The van der Waals surface area contributed by atoms with Crippen LogP contribution in [0.15, 0.2) is 30.6 Å². The second-order valence-corrected chi connectivity index (χ2v) is 5.81. The van der Waals surface area contributed by atoms with E-state index in [0.29, 0.717) is 23.7 Å². The molecular formula is C17H21N3O5. The number of ether oxygens (including phenoxy) is 2. The van der Waals surface area contributed by atoms with Crippen molar-refractivity contribution in [2.45, 2.75) is 18.9 Å². The maximum Gasteiger partial charge on any atom is 0.356 e. The number of aromatic carboxylic acids is 1. The number of nitrogens with zero attached hydrogens (tertiary/aromatic N) is 2. The Morgan fingerprint density at radius 3 is 2.48 bits per heavy atom. The first kappa shape index (κ1) is 18.5. The van der Waals surface area contributed by atoms with Gasteiger partial charge in [-0.25, -0.2) is 14.8 Å². The summed E-state index contributed by atoms with van der Waals surface area (Å²) in [5.41, 5.74) is -0.313. The lowest BCUT2D eigenvalue weighted by Gasteiger charge is -2.24. The zero-order valence-corrected chi connectivity index (χ0v) is 14.3. The third kappa shape index (κ3) is 5.05. The molecule has 1 aromatic heterocycles. The average molecular weight is 347 g/mol. The number of methoxy groups -OCH3 is 2. The molecule has 1 aromatic carbocycles. The Kier molecular flexibility index (Phi) is 5.76. The van der Waals surface area contributed by atoms with E-state index in [4.69, 9.17) is 14.6 Å². The Balaban J connectivity index is 2.00. The number of carboxylic acids is 1. The number of aromatic nitrogens is 2. The van der Waals surface area contributed by atoms with Crippen molar-refractivity contribution in [3.05, 3.63) is 41.9 Å². The fraction of sp³-hybridized carbons (Fsp3) is 0.353. The van der Waals surface area contributed by atoms with E-state index in [1.807, 2.05) is 12.1 Å². The second-order valence-electron chi connectivity index (χ2n) is 5.81. The van der Waals surface area contributed by atoms with E-state index >= 15 is 0 Å². The van der Waals surface area contributed by atoms with Crippen molar-refractivity contribution in [3.8, 4) is 11.5 Å². The summed E-state index contributed by atoms with van der Waals surface area (Å²) >= 11 is 0. The van der Waals surface area contributed by atoms with Crippen LogP contribution in [0.25, 0.3) is 0 Å². The van der Waals surface area contributed by atoms with Gasteiger partial charge in [0.15, 0.2) is 17.2 Å². The van der Waals surface area contributed by atoms with Crippen molar-refractivity contribution in [1.29, 1.82) is 0 Å². The topological polar surface area (TPSA) is 114 Å². The molecule has 0 fully saturated rings. The van der Waals surface area contributed by atoms with Gasteiger partial charge < -0.3 is 25.0 Å². The molecule has 0 radical (unpaired) electrons. The molecule has 0 aliphatic carbocycles. The largest absolute Gasteiger partial charge is 0.493 e. The number of nitrogens with one attached hydrogen (secondary N) is 1. The van der Waals surface area contributed by atoms with E-state index in [1.54, 1.807) is 27.2 Å². The van der Waals surface area contributed by atoms with Gasteiger partial charge in [0.1, 0.15) is 5.82 Å².